The monoisotopic (exact) mass is 212 g/mol. The van der Waals surface area contributed by atoms with Crippen LogP contribution in [0.15, 0.2) is 0 Å². The molecule has 0 saturated heterocycles. The topological polar surface area (TPSA) is 41.1 Å². The zero-order chi connectivity index (χ0) is 11.3. The molecule has 1 saturated carbocycles. The molecule has 0 aromatic heterocycles. The summed E-state index contributed by atoms with van der Waals surface area (Å²) in [7, 11) is 0. The van der Waals surface area contributed by atoms with Crippen LogP contribution in [0.5, 0.6) is 0 Å². The van der Waals surface area contributed by atoms with E-state index in [1.807, 2.05) is 13.8 Å². The average molecular weight is 212 g/mol. The molecule has 1 aliphatic carbocycles. The summed E-state index contributed by atoms with van der Waals surface area (Å²) in [6.45, 7) is 6.67. The van der Waals surface area contributed by atoms with Crippen LogP contribution in [0.25, 0.3) is 0 Å². The maximum atomic E-state index is 11.5. The fraction of sp³-hybridized carbons (Fsp3) is 0.917. The van der Waals surface area contributed by atoms with Crippen molar-refractivity contribution >= 4 is 5.91 Å². The molecule has 1 aliphatic rings. The van der Waals surface area contributed by atoms with Crippen LogP contribution in [-0.2, 0) is 4.79 Å². The third-order valence-electron chi connectivity index (χ3n) is 3.17. The Bertz CT molecular complexity index is 198. The molecule has 3 heteroatoms. The zero-order valence-corrected chi connectivity index (χ0v) is 10.2. The largest absolute Gasteiger partial charge is 0.352 e. The normalized spacial score (nSPS) is 19.5. The van der Waals surface area contributed by atoms with E-state index in [2.05, 4.69) is 17.6 Å². The number of carbonyl (C=O) groups is 1. The van der Waals surface area contributed by atoms with Gasteiger partial charge in [-0.25, -0.2) is 0 Å². The first-order chi connectivity index (χ1) is 7.09. The first-order valence-corrected chi connectivity index (χ1v) is 6.12. The van der Waals surface area contributed by atoms with Crippen molar-refractivity contribution in [1.29, 1.82) is 0 Å². The molecule has 0 heterocycles. The van der Waals surface area contributed by atoms with E-state index < -0.39 is 0 Å². The van der Waals surface area contributed by atoms with E-state index in [1.165, 1.54) is 25.7 Å². The number of hydrogen-bond acceptors (Lipinski definition) is 2. The molecule has 0 bridgehead atoms. The van der Waals surface area contributed by atoms with E-state index >= 15 is 0 Å². The predicted molar refractivity (Wildman–Crippen MR) is 62.7 cm³/mol. The Morgan fingerprint density at radius 1 is 1.27 bits per heavy atom. The summed E-state index contributed by atoms with van der Waals surface area (Å²) in [6.07, 6.45) is 5.21. The van der Waals surface area contributed by atoms with Crippen LogP contribution >= 0.6 is 0 Å². The lowest BCUT2D eigenvalue weighted by Crippen LogP contribution is -2.43. The van der Waals surface area contributed by atoms with Gasteiger partial charge in [-0.05, 0) is 25.7 Å². The fourth-order valence-electron chi connectivity index (χ4n) is 2.18. The van der Waals surface area contributed by atoms with Gasteiger partial charge in [0.05, 0.1) is 6.54 Å². The average Bonchev–Trinajstić information content (AvgIpc) is 2.67. The molecule has 88 valence electrons. The second kappa shape index (κ2) is 6.11. The molecule has 1 atom stereocenters. The van der Waals surface area contributed by atoms with Crippen LogP contribution in [-0.4, -0.2) is 24.5 Å². The summed E-state index contributed by atoms with van der Waals surface area (Å²) in [5, 5.41) is 6.20. The van der Waals surface area contributed by atoms with Gasteiger partial charge in [-0.15, -0.1) is 0 Å². The van der Waals surface area contributed by atoms with E-state index in [4.69, 9.17) is 0 Å². The molecular formula is C12H24N2O. The minimum Gasteiger partial charge on any atom is -0.352 e. The van der Waals surface area contributed by atoms with Gasteiger partial charge in [0.2, 0.25) is 5.91 Å². The molecule has 1 rings (SSSR count). The quantitative estimate of drug-likeness (QED) is 0.728. The highest BCUT2D eigenvalue weighted by Gasteiger charge is 2.22. The molecule has 15 heavy (non-hydrogen) atoms. The fourth-order valence-corrected chi connectivity index (χ4v) is 2.18. The van der Waals surface area contributed by atoms with Crippen LogP contribution in [0.3, 0.4) is 0 Å². The van der Waals surface area contributed by atoms with Crippen molar-refractivity contribution in [2.24, 2.45) is 5.92 Å². The molecule has 1 amide bonds. The number of amides is 1. The van der Waals surface area contributed by atoms with E-state index in [0.29, 0.717) is 24.5 Å². The number of nitrogens with one attached hydrogen (secondary N) is 2. The molecule has 0 unspecified atom stereocenters. The van der Waals surface area contributed by atoms with Crippen molar-refractivity contribution in [3.63, 3.8) is 0 Å². The molecular weight excluding hydrogens is 188 g/mol. The molecule has 0 radical (unpaired) electrons. The van der Waals surface area contributed by atoms with Gasteiger partial charge in [0.25, 0.3) is 0 Å². The third-order valence-corrected chi connectivity index (χ3v) is 3.17. The van der Waals surface area contributed by atoms with Crippen LogP contribution in [0, 0.1) is 5.92 Å². The molecule has 1 fully saturated rings. The molecule has 0 aromatic carbocycles. The van der Waals surface area contributed by atoms with E-state index in [1.54, 1.807) is 0 Å². The van der Waals surface area contributed by atoms with Gasteiger partial charge in [-0.2, -0.15) is 0 Å². The van der Waals surface area contributed by atoms with Crippen LogP contribution in [0.1, 0.15) is 46.5 Å². The maximum Gasteiger partial charge on any atom is 0.234 e. The van der Waals surface area contributed by atoms with Gasteiger partial charge in [-0.1, -0.05) is 26.7 Å². The van der Waals surface area contributed by atoms with Gasteiger partial charge in [0, 0.05) is 12.1 Å². The van der Waals surface area contributed by atoms with Gasteiger partial charge < -0.3 is 10.6 Å². The van der Waals surface area contributed by atoms with E-state index in [0.717, 1.165) is 0 Å². The van der Waals surface area contributed by atoms with Crippen molar-refractivity contribution in [3.05, 3.63) is 0 Å². The van der Waals surface area contributed by atoms with Crippen molar-refractivity contribution < 1.29 is 4.79 Å². The number of hydrogen-bond donors (Lipinski definition) is 2. The Balaban J connectivity index is 2.18. The van der Waals surface area contributed by atoms with Crippen molar-refractivity contribution in [2.75, 3.05) is 6.54 Å². The Morgan fingerprint density at radius 2 is 1.87 bits per heavy atom. The molecule has 2 N–H and O–H groups in total. The van der Waals surface area contributed by atoms with Crippen molar-refractivity contribution in [3.8, 4) is 0 Å². The second-order valence-corrected chi connectivity index (χ2v) is 4.94. The minimum absolute atomic E-state index is 0.128. The standard InChI is InChI=1S/C12H24N2O/c1-9(2)13-8-12(15)14-10(3)11-6-4-5-7-11/h9-11,13H,4-8H2,1-3H3,(H,14,15)/t10-/m0/s1. The Hall–Kier alpha value is -0.570. The lowest BCUT2D eigenvalue weighted by Gasteiger charge is -2.20. The summed E-state index contributed by atoms with van der Waals surface area (Å²) in [6, 6.07) is 0.714. The van der Waals surface area contributed by atoms with Gasteiger partial charge in [0.1, 0.15) is 0 Å². The lowest BCUT2D eigenvalue weighted by atomic mass is 10.00. The van der Waals surface area contributed by atoms with Gasteiger partial charge in [0.15, 0.2) is 0 Å². The summed E-state index contributed by atoms with van der Waals surface area (Å²) in [5.41, 5.74) is 0. The Labute approximate surface area is 93.0 Å². The van der Waals surface area contributed by atoms with Crippen molar-refractivity contribution in [2.45, 2.75) is 58.5 Å². The summed E-state index contributed by atoms with van der Waals surface area (Å²) in [5.74, 6) is 0.830. The van der Waals surface area contributed by atoms with Crippen LogP contribution in [0.4, 0.5) is 0 Å². The highest BCUT2D eigenvalue weighted by molar-refractivity contribution is 5.78. The summed E-state index contributed by atoms with van der Waals surface area (Å²) in [4.78, 5) is 11.5. The minimum atomic E-state index is 0.128. The van der Waals surface area contributed by atoms with Crippen LogP contribution in [0.2, 0.25) is 0 Å². The first-order valence-electron chi connectivity index (χ1n) is 6.12. The molecule has 3 nitrogen and oxygen atoms in total. The predicted octanol–water partition coefficient (Wildman–Crippen LogP) is 1.68. The molecule has 0 aliphatic heterocycles. The molecule has 0 aromatic rings. The Morgan fingerprint density at radius 3 is 2.40 bits per heavy atom. The number of rotatable bonds is 5. The lowest BCUT2D eigenvalue weighted by molar-refractivity contribution is -0.121. The number of carbonyl (C=O) groups excluding carboxylic acids is 1. The van der Waals surface area contributed by atoms with Crippen molar-refractivity contribution in [1.82, 2.24) is 10.6 Å². The van der Waals surface area contributed by atoms with Crippen LogP contribution < -0.4 is 10.6 Å². The molecule has 0 spiro atoms. The maximum absolute atomic E-state index is 11.5. The summed E-state index contributed by atoms with van der Waals surface area (Å²) < 4.78 is 0. The van der Waals surface area contributed by atoms with Gasteiger partial charge in [-0.3, -0.25) is 4.79 Å². The van der Waals surface area contributed by atoms with E-state index in [-0.39, 0.29) is 5.91 Å². The second-order valence-electron chi connectivity index (χ2n) is 4.94. The zero-order valence-electron chi connectivity index (χ0n) is 10.2. The third kappa shape index (κ3) is 4.65. The Kier molecular flexibility index (Phi) is 5.09. The van der Waals surface area contributed by atoms with E-state index in [9.17, 15) is 4.79 Å². The highest BCUT2D eigenvalue weighted by Crippen LogP contribution is 2.27. The first kappa shape index (κ1) is 12.5. The smallest absolute Gasteiger partial charge is 0.234 e. The SMILES string of the molecule is CC(C)NCC(=O)N[C@@H](C)C1CCCC1. The highest BCUT2D eigenvalue weighted by atomic mass is 16.1. The van der Waals surface area contributed by atoms with Gasteiger partial charge >= 0.3 is 0 Å². The summed E-state index contributed by atoms with van der Waals surface area (Å²) >= 11 is 0.